The molecule has 6 nitrogen and oxygen atoms in total. The van der Waals surface area contributed by atoms with Gasteiger partial charge in [0.05, 0.1) is 12.4 Å². The molecule has 0 aliphatic heterocycles. The molecule has 1 N–H and O–H groups in total. The number of rotatable bonds is 6. The van der Waals surface area contributed by atoms with E-state index in [1.807, 2.05) is 26.0 Å². The second-order valence-electron chi connectivity index (χ2n) is 4.47. The summed E-state index contributed by atoms with van der Waals surface area (Å²) in [6, 6.07) is 6.69. The van der Waals surface area contributed by atoms with E-state index < -0.39 is 9.84 Å². The fraction of sp³-hybridized carbons (Fsp3) is 0.385. The lowest BCUT2D eigenvalue weighted by Crippen LogP contribution is -2.12. The van der Waals surface area contributed by atoms with Gasteiger partial charge in [0.25, 0.3) is 0 Å². The summed E-state index contributed by atoms with van der Waals surface area (Å²) < 4.78 is 29.3. The molecule has 0 unspecified atom stereocenters. The number of benzene rings is 1. The molecule has 1 radical (unpaired) electrons. The zero-order chi connectivity index (χ0) is 14.6. The van der Waals surface area contributed by atoms with E-state index in [2.05, 4.69) is 21.2 Å². The molecule has 1 heterocycles. The van der Waals surface area contributed by atoms with Crippen LogP contribution in [0.3, 0.4) is 0 Å². The van der Waals surface area contributed by atoms with E-state index >= 15 is 0 Å². The SMILES string of the molecule is Cc1c[c]cc(C)c1OCCCS(=O)(=O)c1nnc[nH]1. The van der Waals surface area contributed by atoms with Crippen LogP contribution in [0.2, 0.25) is 0 Å². The lowest BCUT2D eigenvalue weighted by Gasteiger charge is -2.11. The predicted molar refractivity (Wildman–Crippen MR) is 73.3 cm³/mol. The van der Waals surface area contributed by atoms with Gasteiger partial charge in [-0.1, -0.05) is 0 Å². The Kier molecular flexibility index (Phi) is 4.39. The van der Waals surface area contributed by atoms with Crippen molar-refractivity contribution in [3.8, 4) is 5.75 Å². The highest BCUT2D eigenvalue weighted by Gasteiger charge is 2.17. The van der Waals surface area contributed by atoms with Crippen molar-refractivity contribution in [3.05, 3.63) is 35.7 Å². The van der Waals surface area contributed by atoms with Crippen molar-refractivity contribution in [1.29, 1.82) is 0 Å². The number of sulfone groups is 1. The third kappa shape index (κ3) is 3.36. The second kappa shape index (κ2) is 6.04. The fourth-order valence-corrected chi connectivity index (χ4v) is 2.92. The van der Waals surface area contributed by atoms with Crippen LogP contribution in [-0.2, 0) is 9.84 Å². The smallest absolute Gasteiger partial charge is 0.246 e. The molecule has 2 aromatic rings. The van der Waals surface area contributed by atoms with Crippen LogP contribution in [0, 0.1) is 19.9 Å². The molecule has 0 bridgehead atoms. The van der Waals surface area contributed by atoms with Crippen LogP contribution in [0.1, 0.15) is 17.5 Å². The molecule has 0 saturated carbocycles. The van der Waals surface area contributed by atoms with E-state index in [1.165, 1.54) is 6.33 Å². The van der Waals surface area contributed by atoms with Gasteiger partial charge in [-0.15, -0.1) is 10.2 Å². The Labute approximate surface area is 118 Å². The van der Waals surface area contributed by atoms with Gasteiger partial charge in [0, 0.05) is 0 Å². The average Bonchev–Trinajstić information content (AvgIpc) is 2.92. The maximum atomic E-state index is 11.8. The van der Waals surface area contributed by atoms with Crippen LogP contribution in [0.15, 0.2) is 23.6 Å². The van der Waals surface area contributed by atoms with Crippen molar-refractivity contribution < 1.29 is 13.2 Å². The van der Waals surface area contributed by atoms with E-state index in [0.717, 1.165) is 16.9 Å². The van der Waals surface area contributed by atoms with Gasteiger partial charge in [0.2, 0.25) is 15.0 Å². The molecular formula is C13H16N3O3S. The van der Waals surface area contributed by atoms with Crippen LogP contribution < -0.4 is 4.74 Å². The Morgan fingerprint density at radius 2 is 2.00 bits per heavy atom. The van der Waals surface area contributed by atoms with Gasteiger partial charge in [-0.05, 0) is 49.6 Å². The number of aromatic amines is 1. The van der Waals surface area contributed by atoms with Crippen LogP contribution in [0.4, 0.5) is 0 Å². The van der Waals surface area contributed by atoms with Crippen LogP contribution in [-0.4, -0.2) is 36.0 Å². The minimum Gasteiger partial charge on any atom is -0.493 e. The molecule has 107 valence electrons. The Balaban J connectivity index is 1.89. The summed E-state index contributed by atoms with van der Waals surface area (Å²) in [4.78, 5) is 2.50. The molecule has 20 heavy (non-hydrogen) atoms. The van der Waals surface area contributed by atoms with E-state index in [1.54, 1.807) is 0 Å². The molecule has 1 aromatic carbocycles. The molecule has 1 aromatic heterocycles. The zero-order valence-corrected chi connectivity index (χ0v) is 12.2. The number of aryl methyl sites for hydroxylation is 2. The lowest BCUT2D eigenvalue weighted by molar-refractivity contribution is 0.313. The number of nitrogens with zero attached hydrogens (tertiary/aromatic N) is 2. The molecule has 0 amide bonds. The molecule has 0 aliphatic carbocycles. The van der Waals surface area contributed by atoms with Gasteiger partial charge >= 0.3 is 0 Å². The molecule has 0 spiro atoms. The highest BCUT2D eigenvalue weighted by atomic mass is 32.2. The number of hydrogen-bond acceptors (Lipinski definition) is 5. The van der Waals surface area contributed by atoms with Crippen LogP contribution in [0.25, 0.3) is 0 Å². The quantitative estimate of drug-likeness (QED) is 0.815. The number of nitrogens with one attached hydrogen (secondary N) is 1. The summed E-state index contributed by atoms with van der Waals surface area (Å²) in [5, 5.41) is 6.88. The number of aromatic nitrogens is 3. The lowest BCUT2D eigenvalue weighted by atomic mass is 10.1. The molecule has 7 heteroatoms. The van der Waals surface area contributed by atoms with Crippen LogP contribution >= 0.6 is 0 Å². The van der Waals surface area contributed by atoms with Crippen molar-refractivity contribution in [2.75, 3.05) is 12.4 Å². The first-order chi connectivity index (χ1) is 9.50. The largest absolute Gasteiger partial charge is 0.493 e. The van der Waals surface area contributed by atoms with Gasteiger partial charge in [-0.25, -0.2) is 8.42 Å². The van der Waals surface area contributed by atoms with Gasteiger partial charge in [0.15, 0.2) is 0 Å². The fourth-order valence-electron chi connectivity index (χ4n) is 1.83. The van der Waals surface area contributed by atoms with Crippen molar-refractivity contribution in [2.24, 2.45) is 0 Å². The molecule has 0 aliphatic rings. The second-order valence-corrected chi connectivity index (χ2v) is 6.49. The van der Waals surface area contributed by atoms with Crippen LogP contribution in [0.5, 0.6) is 5.75 Å². The van der Waals surface area contributed by atoms with Gasteiger partial charge in [0.1, 0.15) is 12.1 Å². The summed E-state index contributed by atoms with van der Waals surface area (Å²) in [7, 11) is -3.41. The van der Waals surface area contributed by atoms with E-state index in [-0.39, 0.29) is 10.9 Å². The Morgan fingerprint density at radius 1 is 1.30 bits per heavy atom. The molecule has 0 fully saturated rings. The third-order valence-corrected chi connectivity index (χ3v) is 4.42. The van der Waals surface area contributed by atoms with Crippen molar-refractivity contribution >= 4 is 9.84 Å². The highest BCUT2D eigenvalue weighted by molar-refractivity contribution is 7.91. The Hall–Kier alpha value is -1.89. The summed E-state index contributed by atoms with van der Waals surface area (Å²) in [6.07, 6.45) is 1.64. The summed E-state index contributed by atoms with van der Waals surface area (Å²) in [5.74, 6) is 0.764. The van der Waals surface area contributed by atoms with Gasteiger partial charge in [-0.3, -0.25) is 0 Å². The topological polar surface area (TPSA) is 84.9 Å². The summed E-state index contributed by atoms with van der Waals surface area (Å²) >= 11 is 0. The van der Waals surface area contributed by atoms with E-state index in [4.69, 9.17) is 4.74 Å². The van der Waals surface area contributed by atoms with Gasteiger partial charge < -0.3 is 9.72 Å². The normalized spacial score (nSPS) is 11.5. The minimum absolute atomic E-state index is 0.0285. The maximum absolute atomic E-state index is 11.8. The zero-order valence-electron chi connectivity index (χ0n) is 11.4. The Morgan fingerprint density at radius 3 is 2.60 bits per heavy atom. The monoisotopic (exact) mass is 294 g/mol. The standard InChI is InChI=1S/C13H16N3O3S/c1-10-5-3-6-11(2)12(10)19-7-4-8-20(17,18)13-14-9-15-16-13/h5-6,9H,4,7-8H2,1-2H3,(H,14,15,16). The van der Waals surface area contributed by atoms with Crippen molar-refractivity contribution in [3.63, 3.8) is 0 Å². The number of H-pyrrole nitrogens is 1. The Bertz CT molecular complexity index is 646. The predicted octanol–water partition coefficient (Wildman–Crippen LogP) is 1.46. The first kappa shape index (κ1) is 14.5. The molecular weight excluding hydrogens is 278 g/mol. The first-order valence-electron chi connectivity index (χ1n) is 6.19. The number of ether oxygens (including phenoxy) is 1. The summed E-state index contributed by atoms with van der Waals surface area (Å²) in [6.45, 7) is 4.20. The minimum atomic E-state index is -3.41. The summed E-state index contributed by atoms with van der Waals surface area (Å²) in [5.41, 5.74) is 1.98. The van der Waals surface area contributed by atoms with Gasteiger partial charge in [-0.2, -0.15) is 0 Å². The van der Waals surface area contributed by atoms with Crippen molar-refractivity contribution in [2.45, 2.75) is 25.4 Å². The van der Waals surface area contributed by atoms with Crippen molar-refractivity contribution in [1.82, 2.24) is 15.2 Å². The first-order valence-corrected chi connectivity index (χ1v) is 7.85. The molecule has 0 atom stereocenters. The highest BCUT2D eigenvalue weighted by Crippen LogP contribution is 2.22. The molecule has 2 rings (SSSR count). The molecule has 0 saturated heterocycles. The maximum Gasteiger partial charge on any atom is 0.246 e. The average molecular weight is 294 g/mol. The van der Waals surface area contributed by atoms with E-state index in [9.17, 15) is 8.42 Å². The number of hydrogen-bond donors (Lipinski definition) is 1. The third-order valence-electron chi connectivity index (χ3n) is 2.81. The van der Waals surface area contributed by atoms with E-state index in [0.29, 0.717) is 13.0 Å².